The predicted octanol–water partition coefficient (Wildman–Crippen LogP) is 3.28. The molecule has 3 nitrogen and oxygen atoms in total. The molecule has 1 atom stereocenters. The van der Waals surface area contributed by atoms with Gasteiger partial charge in [0.2, 0.25) is 0 Å². The normalized spacial score (nSPS) is 12.5. The second-order valence-corrected chi connectivity index (χ2v) is 5.29. The Labute approximate surface area is 118 Å². The smallest absolute Gasteiger partial charge is 0.127 e. The molecule has 0 aliphatic rings. The Bertz CT molecular complexity index is 382. The van der Waals surface area contributed by atoms with Gasteiger partial charge < -0.3 is 14.8 Å². The topological polar surface area (TPSA) is 30.5 Å². The van der Waals surface area contributed by atoms with Gasteiger partial charge >= 0.3 is 0 Å². The van der Waals surface area contributed by atoms with E-state index in [1.807, 2.05) is 6.92 Å². The van der Waals surface area contributed by atoms with Crippen molar-refractivity contribution >= 4 is 15.9 Å². The molecule has 0 bridgehead atoms. The molecule has 102 valence electrons. The summed E-state index contributed by atoms with van der Waals surface area (Å²) in [5.74, 6) is 0.962. The quantitative estimate of drug-likeness (QED) is 0.837. The van der Waals surface area contributed by atoms with Crippen LogP contribution in [0.25, 0.3) is 0 Å². The van der Waals surface area contributed by atoms with Gasteiger partial charge in [0.25, 0.3) is 0 Å². The molecule has 1 aromatic carbocycles. The van der Waals surface area contributed by atoms with Gasteiger partial charge in [-0.2, -0.15) is 0 Å². The number of rotatable bonds is 7. The molecule has 0 aromatic heterocycles. The van der Waals surface area contributed by atoms with E-state index in [-0.39, 0.29) is 6.10 Å². The van der Waals surface area contributed by atoms with E-state index in [2.05, 4.69) is 47.2 Å². The number of aryl methyl sites for hydroxylation is 1. The van der Waals surface area contributed by atoms with Crippen LogP contribution >= 0.6 is 15.9 Å². The lowest BCUT2D eigenvalue weighted by atomic mass is 10.1. The lowest BCUT2D eigenvalue weighted by Crippen LogP contribution is -2.20. The van der Waals surface area contributed by atoms with Crippen LogP contribution in [0, 0.1) is 6.92 Å². The van der Waals surface area contributed by atoms with Crippen molar-refractivity contribution in [3.8, 4) is 5.75 Å². The first-order chi connectivity index (χ1) is 8.58. The Morgan fingerprint density at radius 1 is 1.39 bits per heavy atom. The molecule has 0 radical (unpaired) electrons. The Balaban J connectivity index is 2.91. The van der Waals surface area contributed by atoms with Crippen LogP contribution in [0.1, 0.15) is 25.0 Å². The van der Waals surface area contributed by atoms with Gasteiger partial charge in [-0.25, -0.2) is 0 Å². The van der Waals surface area contributed by atoms with Gasteiger partial charge in [0.15, 0.2) is 0 Å². The third-order valence-electron chi connectivity index (χ3n) is 2.60. The van der Waals surface area contributed by atoms with Crippen molar-refractivity contribution in [2.45, 2.75) is 33.4 Å². The maximum atomic E-state index is 5.98. The van der Waals surface area contributed by atoms with Crippen molar-refractivity contribution in [1.82, 2.24) is 5.32 Å². The van der Waals surface area contributed by atoms with Gasteiger partial charge in [-0.3, -0.25) is 0 Å². The number of benzene rings is 1. The van der Waals surface area contributed by atoms with Crippen LogP contribution in [0.15, 0.2) is 16.6 Å². The Hall–Kier alpha value is -0.580. The van der Waals surface area contributed by atoms with Gasteiger partial charge in [-0.05, 0) is 38.1 Å². The maximum absolute atomic E-state index is 5.98. The Morgan fingerprint density at radius 2 is 2.11 bits per heavy atom. The van der Waals surface area contributed by atoms with E-state index in [0.717, 1.165) is 28.9 Å². The third kappa shape index (κ3) is 4.59. The van der Waals surface area contributed by atoms with E-state index in [1.165, 1.54) is 5.56 Å². The van der Waals surface area contributed by atoms with Crippen LogP contribution in [-0.2, 0) is 11.3 Å². The molecule has 0 fully saturated rings. The molecule has 0 aliphatic heterocycles. The second-order valence-electron chi connectivity index (χ2n) is 4.38. The first-order valence-corrected chi connectivity index (χ1v) is 7.03. The molecule has 0 amide bonds. The molecule has 4 heteroatoms. The molecule has 1 N–H and O–H groups in total. The number of ether oxygens (including phenoxy) is 2. The molecule has 0 saturated carbocycles. The molecule has 0 heterocycles. The van der Waals surface area contributed by atoms with Gasteiger partial charge in [0.05, 0.1) is 6.61 Å². The number of halogens is 1. The van der Waals surface area contributed by atoms with E-state index in [0.29, 0.717) is 6.61 Å². The zero-order chi connectivity index (χ0) is 13.5. The fourth-order valence-electron chi connectivity index (χ4n) is 1.83. The molecule has 0 aliphatic carbocycles. The van der Waals surface area contributed by atoms with E-state index >= 15 is 0 Å². The molecule has 0 spiro atoms. The van der Waals surface area contributed by atoms with Crippen LogP contribution in [-0.4, -0.2) is 26.4 Å². The van der Waals surface area contributed by atoms with Crippen molar-refractivity contribution in [2.24, 2.45) is 0 Å². The van der Waals surface area contributed by atoms with E-state index in [9.17, 15) is 0 Å². The molecular formula is C14H22BrNO2. The summed E-state index contributed by atoms with van der Waals surface area (Å²) >= 11 is 3.53. The second kappa shape index (κ2) is 7.77. The molecule has 18 heavy (non-hydrogen) atoms. The summed E-state index contributed by atoms with van der Waals surface area (Å²) in [6, 6.07) is 4.18. The number of hydrogen-bond donors (Lipinski definition) is 1. The Kier molecular flexibility index (Phi) is 6.68. The minimum Gasteiger partial charge on any atom is -0.488 e. The van der Waals surface area contributed by atoms with Crippen LogP contribution in [0.4, 0.5) is 0 Å². The summed E-state index contributed by atoms with van der Waals surface area (Å²) in [6.07, 6.45) is 0.0512. The molecular weight excluding hydrogens is 294 g/mol. The first-order valence-electron chi connectivity index (χ1n) is 6.23. The lowest BCUT2D eigenvalue weighted by Gasteiger charge is -2.19. The van der Waals surface area contributed by atoms with Crippen molar-refractivity contribution < 1.29 is 9.47 Å². The van der Waals surface area contributed by atoms with Crippen molar-refractivity contribution in [1.29, 1.82) is 0 Å². The van der Waals surface area contributed by atoms with Crippen LogP contribution in [0.5, 0.6) is 5.75 Å². The Morgan fingerprint density at radius 3 is 2.72 bits per heavy atom. The fraction of sp³-hybridized carbons (Fsp3) is 0.571. The zero-order valence-electron chi connectivity index (χ0n) is 11.5. The number of nitrogens with one attached hydrogen (secondary N) is 1. The summed E-state index contributed by atoms with van der Waals surface area (Å²) in [4.78, 5) is 0. The highest BCUT2D eigenvalue weighted by Crippen LogP contribution is 2.29. The van der Waals surface area contributed by atoms with Gasteiger partial charge in [-0.15, -0.1) is 0 Å². The molecule has 0 saturated heterocycles. The van der Waals surface area contributed by atoms with Crippen LogP contribution < -0.4 is 10.1 Å². The zero-order valence-corrected chi connectivity index (χ0v) is 13.1. The van der Waals surface area contributed by atoms with Crippen LogP contribution in [0.2, 0.25) is 0 Å². The average Bonchev–Trinajstić information content (AvgIpc) is 2.30. The van der Waals surface area contributed by atoms with Crippen molar-refractivity contribution in [2.75, 3.05) is 20.3 Å². The monoisotopic (exact) mass is 315 g/mol. The highest BCUT2D eigenvalue weighted by molar-refractivity contribution is 9.10. The lowest BCUT2D eigenvalue weighted by molar-refractivity contribution is 0.0908. The number of hydrogen-bond acceptors (Lipinski definition) is 3. The maximum Gasteiger partial charge on any atom is 0.127 e. The van der Waals surface area contributed by atoms with Crippen molar-refractivity contribution in [3.63, 3.8) is 0 Å². The molecule has 1 aromatic rings. The number of methoxy groups -OCH3 is 1. The van der Waals surface area contributed by atoms with E-state index < -0.39 is 0 Å². The predicted molar refractivity (Wildman–Crippen MR) is 78.2 cm³/mol. The van der Waals surface area contributed by atoms with Crippen LogP contribution in [0.3, 0.4) is 0 Å². The van der Waals surface area contributed by atoms with Gasteiger partial charge in [0, 0.05) is 23.7 Å². The average molecular weight is 316 g/mol. The minimum atomic E-state index is 0.0512. The first kappa shape index (κ1) is 15.5. The highest BCUT2D eigenvalue weighted by atomic mass is 79.9. The highest BCUT2D eigenvalue weighted by Gasteiger charge is 2.12. The van der Waals surface area contributed by atoms with Crippen molar-refractivity contribution in [3.05, 3.63) is 27.7 Å². The molecule has 1 unspecified atom stereocenters. The van der Waals surface area contributed by atoms with Gasteiger partial charge in [0.1, 0.15) is 11.9 Å². The van der Waals surface area contributed by atoms with E-state index in [1.54, 1.807) is 7.11 Å². The molecule has 1 rings (SSSR count). The largest absolute Gasteiger partial charge is 0.488 e. The summed E-state index contributed by atoms with van der Waals surface area (Å²) in [5.41, 5.74) is 2.31. The van der Waals surface area contributed by atoms with E-state index in [4.69, 9.17) is 9.47 Å². The summed E-state index contributed by atoms with van der Waals surface area (Å²) in [6.45, 7) is 8.52. The van der Waals surface area contributed by atoms with Gasteiger partial charge in [-0.1, -0.05) is 22.9 Å². The SMILES string of the molecule is CCNCc1cc(Br)cc(C)c1OC(C)COC. The summed E-state index contributed by atoms with van der Waals surface area (Å²) in [5, 5.41) is 3.33. The summed E-state index contributed by atoms with van der Waals surface area (Å²) in [7, 11) is 1.69. The summed E-state index contributed by atoms with van der Waals surface area (Å²) < 4.78 is 12.2. The standard InChI is InChI=1S/C14H22BrNO2/c1-5-16-8-12-7-13(15)6-10(2)14(12)18-11(3)9-17-4/h6-7,11,16H,5,8-9H2,1-4H3. The third-order valence-corrected chi connectivity index (χ3v) is 3.06. The minimum absolute atomic E-state index is 0.0512. The fourth-order valence-corrected chi connectivity index (χ4v) is 2.45.